The van der Waals surface area contributed by atoms with Crippen LogP contribution in [0.1, 0.15) is 35.7 Å². The van der Waals surface area contributed by atoms with Crippen LogP contribution in [0.4, 0.5) is 0 Å². The van der Waals surface area contributed by atoms with Crippen molar-refractivity contribution in [2.75, 3.05) is 14.2 Å². The first-order valence-corrected chi connectivity index (χ1v) is 6.03. The highest BCUT2D eigenvalue weighted by Gasteiger charge is 2.16. The van der Waals surface area contributed by atoms with Crippen LogP contribution in [0.5, 0.6) is 11.5 Å². The Bertz CT molecular complexity index is 479. The average molecular weight is 266 g/mol. The first-order chi connectivity index (χ1) is 9.03. The third-order valence-electron chi connectivity index (χ3n) is 2.91. The molecular weight excluding hydrogens is 248 g/mol. The van der Waals surface area contributed by atoms with Gasteiger partial charge in [0.2, 0.25) is 0 Å². The SMILES string of the molecule is CCC(=O)CCc1cc(OC)c(OC)cc1C(=O)O. The molecule has 0 unspecified atom stereocenters. The van der Waals surface area contributed by atoms with Gasteiger partial charge in [-0.1, -0.05) is 6.92 Å². The molecule has 0 amide bonds. The quantitative estimate of drug-likeness (QED) is 0.819. The van der Waals surface area contributed by atoms with E-state index < -0.39 is 5.97 Å². The largest absolute Gasteiger partial charge is 0.493 e. The highest BCUT2D eigenvalue weighted by molar-refractivity contribution is 5.90. The Morgan fingerprint density at radius 1 is 1.16 bits per heavy atom. The second-order valence-corrected chi connectivity index (χ2v) is 4.06. The minimum absolute atomic E-state index is 0.103. The van der Waals surface area contributed by atoms with Gasteiger partial charge in [0.15, 0.2) is 11.5 Å². The van der Waals surface area contributed by atoms with Crippen LogP contribution >= 0.6 is 0 Å². The van der Waals surface area contributed by atoms with Crippen LogP contribution in [-0.2, 0) is 11.2 Å². The van der Waals surface area contributed by atoms with Gasteiger partial charge in [-0.2, -0.15) is 0 Å². The number of carbonyl (C=O) groups is 2. The van der Waals surface area contributed by atoms with Gasteiger partial charge in [-0.25, -0.2) is 4.79 Å². The van der Waals surface area contributed by atoms with Gasteiger partial charge in [0.25, 0.3) is 0 Å². The molecule has 0 aliphatic heterocycles. The second kappa shape index (κ2) is 6.78. The van der Waals surface area contributed by atoms with Crippen molar-refractivity contribution in [1.29, 1.82) is 0 Å². The molecule has 5 heteroatoms. The molecule has 0 fully saturated rings. The maximum atomic E-state index is 11.3. The van der Waals surface area contributed by atoms with Crippen molar-refractivity contribution in [2.45, 2.75) is 26.2 Å². The van der Waals surface area contributed by atoms with Crippen molar-refractivity contribution in [1.82, 2.24) is 0 Å². The van der Waals surface area contributed by atoms with E-state index in [-0.39, 0.29) is 11.3 Å². The molecule has 0 bridgehead atoms. The van der Waals surface area contributed by atoms with Crippen molar-refractivity contribution in [3.63, 3.8) is 0 Å². The Kier molecular flexibility index (Phi) is 5.36. The summed E-state index contributed by atoms with van der Waals surface area (Å²) in [5, 5.41) is 9.19. The average Bonchev–Trinajstić information content (AvgIpc) is 2.43. The number of hydrogen-bond donors (Lipinski definition) is 1. The van der Waals surface area contributed by atoms with Crippen LogP contribution in [0.15, 0.2) is 12.1 Å². The monoisotopic (exact) mass is 266 g/mol. The highest BCUT2D eigenvalue weighted by atomic mass is 16.5. The Morgan fingerprint density at radius 2 is 1.74 bits per heavy atom. The van der Waals surface area contributed by atoms with Crippen LogP contribution in [-0.4, -0.2) is 31.1 Å². The molecule has 5 nitrogen and oxygen atoms in total. The summed E-state index contributed by atoms with van der Waals surface area (Å²) >= 11 is 0. The van der Waals surface area contributed by atoms with Crippen LogP contribution in [0.3, 0.4) is 0 Å². The van der Waals surface area contributed by atoms with E-state index in [1.54, 1.807) is 13.0 Å². The van der Waals surface area contributed by atoms with Gasteiger partial charge < -0.3 is 14.6 Å². The number of hydrogen-bond acceptors (Lipinski definition) is 4. The normalized spacial score (nSPS) is 10.1. The summed E-state index contributed by atoms with van der Waals surface area (Å²) in [6.07, 6.45) is 1.16. The maximum absolute atomic E-state index is 11.3. The van der Waals surface area contributed by atoms with Gasteiger partial charge in [-0.15, -0.1) is 0 Å². The molecule has 0 aromatic heterocycles. The van der Waals surface area contributed by atoms with Crippen LogP contribution in [0.2, 0.25) is 0 Å². The molecule has 0 radical (unpaired) electrons. The summed E-state index contributed by atoms with van der Waals surface area (Å²) < 4.78 is 10.2. The zero-order valence-corrected chi connectivity index (χ0v) is 11.4. The molecule has 0 saturated heterocycles. The molecule has 1 rings (SSSR count). The van der Waals surface area contributed by atoms with E-state index in [0.29, 0.717) is 36.3 Å². The first kappa shape index (κ1) is 15.0. The maximum Gasteiger partial charge on any atom is 0.336 e. The summed E-state index contributed by atoms with van der Waals surface area (Å²) in [6, 6.07) is 3.04. The molecule has 1 aromatic carbocycles. The van der Waals surface area contributed by atoms with Crippen molar-refractivity contribution in [3.8, 4) is 11.5 Å². The fourth-order valence-electron chi connectivity index (χ4n) is 1.78. The molecule has 0 heterocycles. The number of rotatable bonds is 7. The van der Waals surface area contributed by atoms with Gasteiger partial charge in [0.1, 0.15) is 5.78 Å². The standard InChI is InChI=1S/C14H18O5/c1-4-10(15)6-5-9-7-12(18-2)13(19-3)8-11(9)14(16)17/h7-8H,4-6H2,1-3H3,(H,16,17). The van der Waals surface area contributed by atoms with Crippen molar-refractivity contribution >= 4 is 11.8 Å². The van der Waals surface area contributed by atoms with Crippen molar-refractivity contribution in [3.05, 3.63) is 23.3 Å². The lowest BCUT2D eigenvalue weighted by atomic mass is 10.00. The molecule has 0 aliphatic rings. The fraction of sp³-hybridized carbons (Fsp3) is 0.429. The lowest BCUT2D eigenvalue weighted by Crippen LogP contribution is -2.07. The molecule has 104 valence electrons. The third-order valence-corrected chi connectivity index (χ3v) is 2.91. The fourth-order valence-corrected chi connectivity index (χ4v) is 1.78. The minimum Gasteiger partial charge on any atom is -0.493 e. The number of Topliss-reactive ketones (excluding diaryl/α,β-unsaturated/α-hetero) is 1. The molecule has 0 saturated carbocycles. The molecule has 1 N–H and O–H groups in total. The second-order valence-electron chi connectivity index (χ2n) is 4.06. The zero-order chi connectivity index (χ0) is 14.4. The Labute approximate surface area is 112 Å². The van der Waals surface area contributed by atoms with E-state index in [1.165, 1.54) is 20.3 Å². The number of aryl methyl sites for hydroxylation is 1. The molecule has 0 spiro atoms. The molecular formula is C14H18O5. The topological polar surface area (TPSA) is 72.8 Å². The molecule has 0 atom stereocenters. The summed E-state index contributed by atoms with van der Waals surface area (Å²) in [6.45, 7) is 1.79. The zero-order valence-electron chi connectivity index (χ0n) is 11.4. The van der Waals surface area contributed by atoms with Crippen LogP contribution < -0.4 is 9.47 Å². The number of aromatic carboxylic acids is 1. The summed E-state index contributed by atoms with van der Waals surface area (Å²) in [5.41, 5.74) is 0.716. The van der Waals surface area contributed by atoms with Gasteiger partial charge in [0.05, 0.1) is 19.8 Å². The number of ketones is 1. The Hall–Kier alpha value is -2.04. The first-order valence-electron chi connectivity index (χ1n) is 6.03. The van der Waals surface area contributed by atoms with Crippen LogP contribution in [0, 0.1) is 0 Å². The van der Waals surface area contributed by atoms with Gasteiger partial charge in [-0.05, 0) is 24.1 Å². The van der Waals surface area contributed by atoms with E-state index in [9.17, 15) is 14.7 Å². The molecule has 0 aliphatic carbocycles. The van der Waals surface area contributed by atoms with E-state index >= 15 is 0 Å². The summed E-state index contributed by atoms with van der Waals surface area (Å²) in [5.74, 6) is -0.108. The van der Waals surface area contributed by atoms with E-state index in [4.69, 9.17) is 9.47 Å². The third kappa shape index (κ3) is 3.71. The van der Waals surface area contributed by atoms with E-state index in [2.05, 4.69) is 0 Å². The molecule has 19 heavy (non-hydrogen) atoms. The number of ether oxygens (including phenoxy) is 2. The van der Waals surface area contributed by atoms with Gasteiger partial charge >= 0.3 is 5.97 Å². The number of carboxylic acids is 1. The lowest BCUT2D eigenvalue weighted by Gasteiger charge is -2.12. The summed E-state index contributed by atoms with van der Waals surface area (Å²) in [7, 11) is 2.93. The van der Waals surface area contributed by atoms with E-state index in [0.717, 1.165) is 0 Å². The Balaban J connectivity index is 3.12. The lowest BCUT2D eigenvalue weighted by molar-refractivity contribution is -0.118. The number of carboxylic acid groups (broad SMARTS) is 1. The van der Waals surface area contributed by atoms with Crippen molar-refractivity contribution in [2.24, 2.45) is 0 Å². The number of methoxy groups -OCH3 is 2. The summed E-state index contributed by atoms with van der Waals surface area (Å²) in [4.78, 5) is 22.6. The Morgan fingerprint density at radius 3 is 2.21 bits per heavy atom. The van der Waals surface area contributed by atoms with Crippen LogP contribution in [0.25, 0.3) is 0 Å². The predicted molar refractivity (Wildman–Crippen MR) is 70.1 cm³/mol. The minimum atomic E-state index is -1.04. The molecule has 1 aromatic rings. The van der Waals surface area contributed by atoms with Gasteiger partial charge in [-0.3, -0.25) is 4.79 Å². The smallest absolute Gasteiger partial charge is 0.336 e. The van der Waals surface area contributed by atoms with E-state index in [1.807, 2.05) is 0 Å². The number of benzene rings is 1. The predicted octanol–water partition coefficient (Wildman–Crippen LogP) is 2.31. The highest BCUT2D eigenvalue weighted by Crippen LogP contribution is 2.31. The van der Waals surface area contributed by atoms with Gasteiger partial charge in [0, 0.05) is 12.8 Å². The number of carbonyl (C=O) groups excluding carboxylic acids is 1. The van der Waals surface area contributed by atoms with Crippen molar-refractivity contribution < 1.29 is 24.2 Å².